The van der Waals surface area contributed by atoms with E-state index in [2.05, 4.69) is 34.2 Å². The summed E-state index contributed by atoms with van der Waals surface area (Å²) in [4.78, 5) is 7.54. The van der Waals surface area contributed by atoms with Crippen LogP contribution in [-0.2, 0) is 10.8 Å². The number of rotatable bonds is 4. The molecular weight excluding hydrogens is 390 g/mol. The first-order valence-corrected chi connectivity index (χ1v) is 13.5. The number of aromatic nitrogens is 2. The van der Waals surface area contributed by atoms with E-state index in [0.29, 0.717) is 16.5 Å². The second-order valence-corrected chi connectivity index (χ2v) is 13.3. The van der Waals surface area contributed by atoms with Gasteiger partial charge in [-0.2, -0.15) is 0 Å². The van der Waals surface area contributed by atoms with Crippen LogP contribution in [0.2, 0.25) is 0 Å². The van der Waals surface area contributed by atoms with Crippen molar-refractivity contribution in [1.29, 1.82) is 5.41 Å². The Bertz CT molecular complexity index is 929. The molecule has 3 heteroatoms. The zero-order valence-electron chi connectivity index (χ0n) is 19.3. The van der Waals surface area contributed by atoms with Crippen LogP contribution in [0.5, 0.6) is 0 Å². The highest BCUT2D eigenvalue weighted by molar-refractivity contribution is 6.08. The Labute approximate surface area is 191 Å². The molecule has 8 aliphatic rings. The molecule has 0 aromatic carbocycles. The molecule has 8 fully saturated rings. The number of nitrogens with one attached hydrogen (secondary N) is 3. The summed E-state index contributed by atoms with van der Waals surface area (Å²) in [5.41, 5.74) is 6.30. The van der Waals surface area contributed by atoms with Crippen LogP contribution in [0.1, 0.15) is 99.8 Å². The maximum absolute atomic E-state index is 9.01. The van der Waals surface area contributed by atoms with Gasteiger partial charge in [0.25, 0.3) is 0 Å². The highest BCUT2D eigenvalue weighted by atomic mass is 14.8. The molecule has 0 aliphatic heterocycles. The molecule has 3 N–H and O–H groups in total. The zero-order valence-corrected chi connectivity index (χ0v) is 19.3. The molecule has 168 valence electrons. The lowest BCUT2D eigenvalue weighted by Gasteiger charge is -2.56. The van der Waals surface area contributed by atoms with Crippen LogP contribution in [0.25, 0.3) is 0 Å². The highest BCUT2D eigenvalue weighted by Gasteiger charge is 2.53. The molecule has 32 heavy (non-hydrogen) atoms. The summed E-state index contributed by atoms with van der Waals surface area (Å²) in [6.45, 7) is 0. The maximum Gasteiger partial charge on any atom is 0.101 e. The van der Waals surface area contributed by atoms with Crippen molar-refractivity contribution < 1.29 is 0 Å². The average molecular weight is 428 g/mol. The average Bonchev–Trinajstić information content (AvgIpc) is 3.43. The van der Waals surface area contributed by atoms with Gasteiger partial charge in [0.1, 0.15) is 5.71 Å². The van der Waals surface area contributed by atoms with E-state index in [-0.39, 0.29) is 0 Å². The Balaban J connectivity index is 1.07. The topological polar surface area (TPSA) is 55.4 Å². The SMILES string of the molecule is N=C(c1ccc(C23CC4CC(CC(C4)C2)C3)[nH]1)c1ccc(C23CC4CC(CC(C4)C2)C3)[nH]1. The molecule has 8 saturated carbocycles. The molecule has 8 bridgehead atoms. The molecular formula is C29H37N3. The van der Waals surface area contributed by atoms with E-state index in [9.17, 15) is 0 Å². The first kappa shape index (κ1) is 18.6. The van der Waals surface area contributed by atoms with Crippen molar-refractivity contribution in [1.82, 2.24) is 9.97 Å². The summed E-state index contributed by atoms with van der Waals surface area (Å²) in [6, 6.07) is 9.06. The van der Waals surface area contributed by atoms with Crippen LogP contribution in [0.3, 0.4) is 0 Å². The summed E-state index contributed by atoms with van der Waals surface area (Å²) in [5.74, 6) is 5.74. The van der Waals surface area contributed by atoms with Crippen molar-refractivity contribution in [3.63, 3.8) is 0 Å². The Hall–Kier alpha value is -1.77. The van der Waals surface area contributed by atoms with E-state index in [4.69, 9.17) is 5.41 Å². The van der Waals surface area contributed by atoms with E-state index in [0.717, 1.165) is 46.9 Å². The first-order chi connectivity index (χ1) is 15.6. The van der Waals surface area contributed by atoms with E-state index in [1.54, 1.807) is 0 Å². The Morgan fingerprint density at radius 3 is 1.19 bits per heavy atom. The fourth-order valence-electron chi connectivity index (χ4n) is 10.7. The standard InChI is InChI=1S/C29H37N3/c30-27(23-1-3-25(31-23)28-11-17-5-18(12-28)7-19(6-17)13-28)24-2-4-26(32-24)29-14-20-8-21(15-29)10-22(9-20)16-29/h1-4,17-22,30-32H,5-16H2. The Morgan fingerprint density at radius 1 is 0.562 bits per heavy atom. The van der Waals surface area contributed by atoms with Crippen LogP contribution in [0.4, 0.5) is 0 Å². The predicted octanol–water partition coefficient (Wildman–Crippen LogP) is 6.69. The van der Waals surface area contributed by atoms with Gasteiger partial charge in [-0.15, -0.1) is 0 Å². The molecule has 8 aliphatic carbocycles. The largest absolute Gasteiger partial charge is 0.357 e. The zero-order chi connectivity index (χ0) is 21.1. The van der Waals surface area contributed by atoms with E-state index in [1.807, 2.05) is 0 Å². The van der Waals surface area contributed by atoms with Crippen molar-refractivity contribution in [2.75, 3.05) is 0 Å². The van der Waals surface area contributed by atoms with Gasteiger partial charge < -0.3 is 9.97 Å². The summed E-state index contributed by atoms with van der Waals surface area (Å²) in [6.07, 6.45) is 17.2. The van der Waals surface area contributed by atoms with Crippen LogP contribution < -0.4 is 0 Å². The molecule has 0 unspecified atom stereocenters. The van der Waals surface area contributed by atoms with Gasteiger partial charge in [-0.3, -0.25) is 5.41 Å². The number of H-pyrrole nitrogens is 2. The van der Waals surface area contributed by atoms with Gasteiger partial charge in [-0.05, 0) is 137 Å². The fourth-order valence-corrected chi connectivity index (χ4v) is 10.7. The van der Waals surface area contributed by atoms with Gasteiger partial charge in [0.2, 0.25) is 0 Å². The van der Waals surface area contributed by atoms with Crippen molar-refractivity contribution in [3.05, 3.63) is 47.0 Å². The van der Waals surface area contributed by atoms with Crippen molar-refractivity contribution in [2.24, 2.45) is 35.5 Å². The van der Waals surface area contributed by atoms with E-state index in [1.165, 1.54) is 88.4 Å². The molecule has 0 atom stereocenters. The van der Waals surface area contributed by atoms with Gasteiger partial charge in [0, 0.05) is 22.2 Å². The summed E-state index contributed by atoms with van der Waals surface area (Å²) in [5, 5.41) is 9.01. The molecule has 2 aromatic rings. The smallest absolute Gasteiger partial charge is 0.101 e. The van der Waals surface area contributed by atoms with E-state index < -0.39 is 0 Å². The number of hydrogen-bond donors (Lipinski definition) is 3. The minimum Gasteiger partial charge on any atom is -0.357 e. The fraction of sp³-hybridized carbons (Fsp3) is 0.690. The number of hydrogen-bond acceptors (Lipinski definition) is 1. The molecule has 2 aromatic heterocycles. The van der Waals surface area contributed by atoms with Crippen LogP contribution in [0, 0.1) is 40.9 Å². The van der Waals surface area contributed by atoms with E-state index >= 15 is 0 Å². The van der Waals surface area contributed by atoms with Crippen molar-refractivity contribution >= 4 is 5.71 Å². The van der Waals surface area contributed by atoms with Crippen LogP contribution >= 0.6 is 0 Å². The Morgan fingerprint density at radius 2 is 0.875 bits per heavy atom. The minimum absolute atomic E-state index is 0.382. The van der Waals surface area contributed by atoms with Crippen molar-refractivity contribution in [3.8, 4) is 0 Å². The molecule has 0 saturated heterocycles. The van der Waals surface area contributed by atoms with Gasteiger partial charge in [0.05, 0.1) is 11.4 Å². The van der Waals surface area contributed by atoms with Crippen LogP contribution in [0.15, 0.2) is 24.3 Å². The third-order valence-electron chi connectivity index (χ3n) is 11.1. The first-order valence-electron chi connectivity index (χ1n) is 13.5. The summed E-state index contributed by atoms with van der Waals surface area (Å²) in [7, 11) is 0. The molecule has 2 heterocycles. The maximum atomic E-state index is 9.01. The second kappa shape index (κ2) is 6.21. The predicted molar refractivity (Wildman–Crippen MR) is 127 cm³/mol. The lowest BCUT2D eigenvalue weighted by atomic mass is 9.49. The Kier molecular flexibility index (Phi) is 3.62. The molecule has 3 nitrogen and oxygen atoms in total. The quantitative estimate of drug-likeness (QED) is 0.455. The lowest BCUT2D eigenvalue weighted by molar-refractivity contribution is -0.00705. The molecule has 0 amide bonds. The van der Waals surface area contributed by atoms with Gasteiger partial charge >= 0.3 is 0 Å². The molecule has 10 rings (SSSR count). The third-order valence-corrected chi connectivity index (χ3v) is 11.1. The second-order valence-electron chi connectivity index (χ2n) is 13.3. The normalized spacial score (nSPS) is 45.6. The van der Waals surface area contributed by atoms with Crippen LogP contribution in [-0.4, -0.2) is 15.7 Å². The van der Waals surface area contributed by atoms with Gasteiger partial charge in [-0.25, -0.2) is 0 Å². The summed E-state index contributed by atoms with van der Waals surface area (Å²) >= 11 is 0. The highest BCUT2D eigenvalue weighted by Crippen LogP contribution is 2.61. The van der Waals surface area contributed by atoms with Gasteiger partial charge in [-0.1, -0.05) is 0 Å². The monoisotopic (exact) mass is 427 g/mol. The van der Waals surface area contributed by atoms with Gasteiger partial charge in [0.15, 0.2) is 0 Å². The molecule has 0 spiro atoms. The van der Waals surface area contributed by atoms with Crippen molar-refractivity contribution in [2.45, 2.75) is 87.9 Å². The molecule has 0 radical (unpaired) electrons. The minimum atomic E-state index is 0.382. The third kappa shape index (κ3) is 2.57. The summed E-state index contributed by atoms with van der Waals surface area (Å²) < 4.78 is 0. The lowest BCUT2D eigenvalue weighted by Crippen LogP contribution is -2.48. The number of aromatic amines is 2.